The fourth-order valence-electron chi connectivity index (χ4n) is 2.95. The van der Waals surface area contributed by atoms with E-state index in [1.54, 1.807) is 0 Å². The van der Waals surface area contributed by atoms with Gasteiger partial charge in [0.1, 0.15) is 0 Å². The minimum absolute atomic E-state index is 0.549. The van der Waals surface area contributed by atoms with Crippen molar-refractivity contribution in [3.05, 3.63) is 0 Å². The first-order valence-electron chi connectivity index (χ1n) is 7.87. The summed E-state index contributed by atoms with van der Waals surface area (Å²) in [5, 5.41) is 4.88. The lowest BCUT2D eigenvalue weighted by atomic mass is 10.1. The van der Waals surface area contributed by atoms with Gasteiger partial charge in [0.2, 0.25) is 0 Å². The number of amidine groups is 1. The molecular weight excluding hydrogens is 254 g/mol. The molecule has 2 rings (SSSR count). The van der Waals surface area contributed by atoms with E-state index in [1.165, 1.54) is 56.2 Å². The van der Waals surface area contributed by atoms with Gasteiger partial charge in [-0.2, -0.15) is 0 Å². The summed E-state index contributed by atoms with van der Waals surface area (Å²) >= 11 is 1.92. The van der Waals surface area contributed by atoms with E-state index in [0.29, 0.717) is 12.1 Å². The van der Waals surface area contributed by atoms with Crippen molar-refractivity contribution in [1.29, 1.82) is 0 Å². The lowest BCUT2D eigenvalue weighted by molar-refractivity contribution is 0.207. The number of nitrogens with one attached hydrogen (secondary N) is 1. The quantitative estimate of drug-likeness (QED) is 0.840. The number of hydrogen-bond acceptors (Lipinski definition) is 4. The summed E-state index contributed by atoms with van der Waals surface area (Å²) in [4.78, 5) is 7.42. The van der Waals surface area contributed by atoms with Crippen molar-refractivity contribution < 1.29 is 0 Å². The van der Waals surface area contributed by atoms with Crippen molar-refractivity contribution >= 4 is 16.9 Å². The molecule has 0 radical (unpaired) electrons. The third-order valence-electron chi connectivity index (χ3n) is 3.91. The van der Waals surface area contributed by atoms with E-state index in [1.807, 2.05) is 11.8 Å². The zero-order valence-electron chi connectivity index (χ0n) is 12.7. The maximum atomic E-state index is 4.83. The minimum atomic E-state index is 0.549. The summed E-state index contributed by atoms with van der Waals surface area (Å²) in [5.41, 5.74) is 0. The van der Waals surface area contributed by atoms with Crippen LogP contribution in [-0.4, -0.2) is 47.5 Å². The van der Waals surface area contributed by atoms with E-state index in [4.69, 9.17) is 4.99 Å². The molecule has 0 aromatic carbocycles. The predicted molar refractivity (Wildman–Crippen MR) is 86.0 cm³/mol. The molecule has 0 saturated carbocycles. The van der Waals surface area contributed by atoms with Gasteiger partial charge in [0.25, 0.3) is 0 Å². The maximum Gasteiger partial charge on any atom is 0.157 e. The van der Waals surface area contributed by atoms with Crippen LogP contribution < -0.4 is 5.32 Å². The Morgan fingerprint density at radius 1 is 1.37 bits per heavy atom. The van der Waals surface area contributed by atoms with Gasteiger partial charge in [0, 0.05) is 24.9 Å². The number of piperidine rings is 1. The van der Waals surface area contributed by atoms with E-state index in [9.17, 15) is 0 Å². The first kappa shape index (κ1) is 15.2. The maximum absolute atomic E-state index is 4.83. The van der Waals surface area contributed by atoms with Crippen LogP contribution in [0.1, 0.15) is 46.5 Å². The molecular formula is C15H29N3S. The van der Waals surface area contributed by atoms with Gasteiger partial charge in [-0.3, -0.25) is 4.99 Å². The number of rotatable bonds is 5. The molecule has 110 valence electrons. The molecule has 2 aliphatic heterocycles. The molecule has 1 saturated heterocycles. The van der Waals surface area contributed by atoms with Gasteiger partial charge in [-0.25, -0.2) is 0 Å². The van der Waals surface area contributed by atoms with E-state index in [2.05, 4.69) is 31.0 Å². The minimum Gasteiger partial charge on any atom is -0.362 e. The van der Waals surface area contributed by atoms with E-state index in [0.717, 1.165) is 5.92 Å². The molecule has 0 aromatic heterocycles. The van der Waals surface area contributed by atoms with Gasteiger partial charge >= 0.3 is 0 Å². The summed E-state index contributed by atoms with van der Waals surface area (Å²) in [7, 11) is 0. The van der Waals surface area contributed by atoms with Crippen LogP contribution in [-0.2, 0) is 0 Å². The molecule has 1 atom stereocenters. The fraction of sp³-hybridized carbons (Fsp3) is 0.933. The molecule has 1 unspecified atom stereocenters. The molecule has 2 aliphatic rings. The Hall–Kier alpha value is -0.220. The van der Waals surface area contributed by atoms with Crippen LogP contribution >= 0.6 is 11.8 Å². The lowest BCUT2D eigenvalue weighted by Crippen LogP contribution is -2.43. The normalized spacial score (nSPS) is 25.9. The van der Waals surface area contributed by atoms with Crippen LogP contribution in [0.3, 0.4) is 0 Å². The summed E-state index contributed by atoms with van der Waals surface area (Å²) in [6.45, 7) is 10.6. The first-order valence-corrected chi connectivity index (χ1v) is 8.85. The van der Waals surface area contributed by atoms with Crippen molar-refractivity contribution in [3.8, 4) is 0 Å². The number of likely N-dealkylation sites (tertiary alicyclic amines) is 1. The SMILES string of the molecule is CCCN1CCC(NC2=NC(CC(C)C)CS2)CC1. The molecule has 19 heavy (non-hydrogen) atoms. The predicted octanol–water partition coefficient (Wildman–Crippen LogP) is 2.97. The smallest absolute Gasteiger partial charge is 0.157 e. The van der Waals surface area contributed by atoms with Gasteiger partial charge in [-0.05, 0) is 38.1 Å². The molecule has 0 spiro atoms. The highest BCUT2D eigenvalue weighted by Crippen LogP contribution is 2.23. The molecule has 0 aromatic rings. The van der Waals surface area contributed by atoms with Crippen molar-refractivity contribution in [1.82, 2.24) is 10.2 Å². The molecule has 0 bridgehead atoms. The zero-order valence-corrected chi connectivity index (χ0v) is 13.5. The summed E-state index contributed by atoms with van der Waals surface area (Å²) < 4.78 is 0. The van der Waals surface area contributed by atoms with Gasteiger partial charge in [0.15, 0.2) is 5.17 Å². The van der Waals surface area contributed by atoms with E-state index < -0.39 is 0 Å². The molecule has 1 fully saturated rings. The molecule has 1 N–H and O–H groups in total. The molecule has 4 heteroatoms. The largest absolute Gasteiger partial charge is 0.362 e. The van der Waals surface area contributed by atoms with Gasteiger partial charge in [0.05, 0.1) is 6.04 Å². The van der Waals surface area contributed by atoms with Crippen LogP contribution in [0, 0.1) is 5.92 Å². The van der Waals surface area contributed by atoms with Crippen molar-refractivity contribution in [2.75, 3.05) is 25.4 Å². The first-order chi connectivity index (χ1) is 9.17. The Morgan fingerprint density at radius 3 is 2.74 bits per heavy atom. The number of hydrogen-bond donors (Lipinski definition) is 1. The second kappa shape index (κ2) is 7.53. The van der Waals surface area contributed by atoms with Crippen LogP contribution in [0.25, 0.3) is 0 Å². The highest BCUT2D eigenvalue weighted by Gasteiger charge is 2.23. The molecule has 0 aliphatic carbocycles. The van der Waals surface area contributed by atoms with Gasteiger partial charge < -0.3 is 10.2 Å². The monoisotopic (exact) mass is 283 g/mol. The van der Waals surface area contributed by atoms with Crippen LogP contribution in [0.2, 0.25) is 0 Å². The third kappa shape index (κ3) is 4.99. The van der Waals surface area contributed by atoms with Crippen LogP contribution in [0.4, 0.5) is 0 Å². The summed E-state index contributed by atoms with van der Waals surface area (Å²) in [6, 6.07) is 1.20. The topological polar surface area (TPSA) is 27.6 Å². The number of thioether (sulfide) groups is 1. The third-order valence-corrected chi connectivity index (χ3v) is 4.96. The van der Waals surface area contributed by atoms with Crippen molar-refractivity contribution in [2.24, 2.45) is 10.9 Å². The fourth-order valence-corrected chi connectivity index (χ4v) is 3.99. The second-order valence-electron chi connectivity index (χ2n) is 6.29. The molecule has 0 amide bonds. The average molecular weight is 283 g/mol. The van der Waals surface area contributed by atoms with E-state index in [-0.39, 0.29) is 0 Å². The second-order valence-corrected chi connectivity index (χ2v) is 7.30. The van der Waals surface area contributed by atoms with Crippen LogP contribution in [0.5, 0.6) is 0 Å². The lowest BCUT2D eigenvalue weighted by Gasteiger charge is -2.32. The molecule has 2 heterocycles. The Labute approximate surface area is 122 Å². The standard InChI is InChI=1S/C15H29N3S/c1-4-7-18-8-5-13(6-9-18)16-15-17-14(11-19-15)10-12(2)3/h12-14H,4-11H2,1-3H3,(H,16,17). The highest BCUT2D eigenvalue weighted by molar-refractivity contribution is 8.14. The van der Waals surface area contributed by atoms with Gasteiger partial charge in [-0.1, -0.05) is 32.5 Å². The molecule has 3 nitrogen and oxygen atoms in total. The summed E-state index contributed by atoms with van der Waals surface area (Å²) in [5.74, 6) is 1.93. The number of nitrogens with zero attached hydrogens (tertiary/aromatic N) is 2. The van der Waals surface area contributed by atoms with Crippen molar-refractivity contribution in [2.45, 2.75) is 58.5 Å². The average Bonchev–Trinajstić information content (AvgIpc) is 2.78. The summed E-state index contributed by atoms with van der Waals surface area (Å²) in [6.07, 6.45) is 5.05. The Kier molecular flexibility index (Phi) is 6.02. The Balaban J connectivity index is 1.71. The Bertz CT molecular complexity index is 296. The van der Waals surface area contributed by atoms with Crippen molar-refractivity contribution in [3.63, 3.8) is 0 Å². The van der Waals surface area contributed by atoms with Gasteiger partial charge in [-0.15, -0.1) is 0 Å². The number of aliphatic imine (C=N–C) groups is 1. The van der Waals surface area contributed by atoms with Crippen LogP contribution in [0.15, 0.2) is 4.99 Å². The zero-order chi connectivity index (χ0) is 13.7. The highest BCUT2D eigenvalue weighted by atomic mass is 32.2. The van der Waals surface area contributed by atoms with E-state index >= 15 is 0 Å². The Morgan fingerprint density at radius 2 is 2.11 bits per heavy atom.